The quantitative estimate of drug-likeness (QED) is 0.703. The highest BCUT2D eigenvalue weighted by molar-refractivity contribution is 7.98. The van der Waals surface area contributed by atoms with E-state index in [9.17, 15) is 9.59 Å². The Hall–Kier alpha value is -0.910. The van der Waals surface area contributed by atoms with Crippen LogP contribution in [0.2, 0.25) is 0 Å². The number of amides is 2. The first-order valence-corrected chi connectivity index (χ1v) is 7.07. The van der Waals surface area contributed by atoms with E-state index in [1.54, 1.807) is 30.6 Å². The van der Waals surface area contributed by atoms with Crippen LogP contribution in [0.25, 0.3) is 0 Å². The van der Waals surface area contributed by atoms with Gasteiger partial charge in [-0.3, -0.25) is 4.79 Å². The largest absolute Gasteiger partial charge is 0.465 e. The molecule has 0 fully saturated rings. The first-order chi connectivity index (χ1) is 8.02. The summed E-state index contributed by atoms with van der Waals surface area (Å²) in [5, 5.41) is 2.53. The maximum absolute atomic E-state index is 11.7. The van der Waals surface area contributed by atoms with Crippen LogP contribution in [0.15, 0.2) is 0 Å². The Bertz CT molecular complexity index is 249. The molecule has 0 saturated carbocycles. The first-order valence-electron chi connectivity index (χ1n) is 5.68. The summed E-state index contributed by atoms with van der Waals surface area (Å²) in [6, 6.07) is -0.0868. The average Bonchev–Trinajstić information content (AvgIpc) is 2.32. The van der Waals surface area contributed by atoms with Crippen molar-refractivity contribution in [2.45, 2.75) is 26.3 Å². The van der Waals surface area contributed by atoms with E-state index in [-0.39, 0.29) is 18.6 Å². The number of hydrogen-bond donors (Lipinski definition) is 1. The van der Waals surface area contributed by atoms with Gasteiger partial charge in [0.05, 0.1) is 6.61 Å². The highest BCUT2D eigenvalue weighted by atomic mass is 32.2. The second kappa shape index (κ2) is 9.15. The van der Waals surface area contributed by atoms with Gasteiger partial charge < -0.3 is 15.0 Å². The number of urea groups is 1. The standard InChI is InChI=1S/C11H22N2O3S/c1-5-16-10(14)8-12-11(15)13(3)9(2)6-7-17-4/h9H,5-8H2,1-4H3,(H,12,15). The van der Waals surface area contributed by atoms with E-state index in [0.717, 1.165) is 12.2 Å². The lowest BCUT2D eigenvalue weighted by Gasteiger charge is -2.24. The molecule has 0 radical (unpaired) electrons. The van der Waals surface area contributed by atoms with Crippen molar-refractivity contribution < 1.29 is 14.3 Å². The molecule has 17 heavy (non-hydrogen) atoms. The van der Waals surface area contributed by atoms with Crippen molar-refractivity contribution in [1.82, 2.24) is 10.2 Å². The van der Waals surface area contributed by atoms with Crippen LogP contribution in [0.3, 0.4) is 0 Å². The minimum Gasteiger partial charge on any atom is -0.465 e. The second-order valence-corrected chi connectivity index (χ2v) is 4.69. The molecule has 0 aromatic rings. The SMILES string of the molecule is CCOC(=O)CNC(=O)N(C)C(C)CCSC. The first kappa shape index (κ1) is 16.1. The lowest BCUT2D eigenvalue weighted by atomic mass is 10.2. The summed E-state index contributed by atoms with van der Waals surface area (Å²) in [5.74, 6) is 0.599. The number of thioether (sulfide) groups is 1. The molecule has 0 saturated heterocycles. The zero-order valence-corrected chi connectivity index (χ0v) is 11.8. The van der Waals surface area contributed by atoms with Gasteiger partial charge >= 0.3 is 12.0 Å². The smallest absolute Gasteiger partial charge is 0.325 e. The fraction of sp³-hybridized carbons (Fsp3) is 0.818. The molecule has 0 heterocycles. The molecule has 0 bridgehead atoms. The second-order valence-electron chi connectivity index (χ2n) is 3.71. The van der Waals surface area contributed by atoms with Gasteiger partial charge in [-0.1, -0.05) is 0 Å². The minimum atomic E-state index is -0.411. The zero-order chi connectivity index (χ0) is 13.3. The van der Waals surface area contributed by atoms with E-state index in [1.165, 1.54) is 0 Å². The van der Waals surface area contributed by atoms with Crippen LogP contribution < -0.4 is 5.32 Å². The molecule has 0 spiro atoms. The summed E-state index contributed by atoms with van der Waals surface area (Å²) in [6.07, 6.45) is 2.97. The van der Waals surface area contributed by atoms with Crippen LogP contribution in [0.4, 0.5) is 4.79 Å². The molecular weight excluding hydrogens is 240 g/mol. The van der Waals surface area contributed by atoms with Gasteiger partial charge in [0.15, 0.2) is 0 Å². The van der Waals surface area contributed by atoms with Gasteiger partial charge in [-0.05, 0) is 32.3 Å². The summed E-state index contributed by atoms with van der Waals surface area (Å²) < 4.78 is 4.72. The summed E-state index contributed by atoms with van der Waals surface area (Å²) in [6.45, 7) is 3.97. The Morgan fingerprint density at radius 3 is 2.65 bits per heavy atom. The van der Waals surface area contributed by atoms with Crippen LogP contribution in [0.1, 0.15) is 20.3 Å². The molecule has 1 N–H and O–H groups in total. The van der Waals surface area contributed by atoms with Gasteiger partial charge in [0.1, 0.15) is 6.54 Å². The Kier molecular flexibility index (Phi) is 8.66. The minimum absolute atomic E-state index is 0.0771. The maximum Gasteiger partial charge on any atom is 0.325 e. The number of ether oxygens (including phenoxy) is 1. The summed E-state index contributed by atoms with van der Waals surface area (Å²) in [4.78, 5) is 24.3. The maximum atomic E-state index is 11.7. The van der Waals surface area contributed by atoms with Crippen molar-refractivity contribution in [1.29, 1.82) is 0 Å². The van der Waals surface area contributed by atoms with Gasteiger partial charge in [0, 0.05) is 13.1 Å². The van der Waals surface area contributed by atoms with Crippen LogP contribution in [0.5, 0.6) is 0 Å². The van der Waals surface area contributed by atoms with Crippen molar-refractivity contribution in [3.05, 3.63) is 0 Å². The normalized spacial score (nSPS) is 11.8. The van der Waals surface area contributed by atoms with E-state index in [1.807, 2.05) is 13.2 Å². The average molecular weight is 262 g/mol. The fourth-order valence-electron chi connectivity index (χ4n) is 1.17. The van der Waals surface area contributed by atoms with Gasteiger partial charge in [0.25, 0.3) is 0 Å². The van der Waals surface area contributed by atoms with E-state index in [2.05, 4.69) is 5.32 Å². The van der Waals surface area contributed by atoms with Gasteiger partial charge in [0.2, 0.25) is 0 Å². The lowest BCUT2D eigenvalue weighted by Crippen LogP contribution is -2.44. The topological polar surface area (TPSA) is 58.6 Å². The zero-order valence-electron chi connectivity index (χ0n) is 11.0. The lowest BCUT2D eigenvalue weighted by molar-refractivity contribution is -0.141. The van der Waals surface area contributed by atoms with E-state index < -0.39 is 5.97 Å². The molecular formula is C11H22N2O3S. The third kappa shape index (κ3) is 7.10. The molecule has 1 unspecified atom stereocenters. The summed E-state index contributed by atoms with van der Waals surface area (Å²) in [7, 11) is 1.73. The van der Waals surface area contributed by atoms with Crippen molar-refractivity contribution in [3.8, 4) is 0 Å². The van der Waals surface area contributed by atoms with Gasteiger partial charge in [-0.2, -0.15) is 11.8 Å². The Morgan fingerprint density at radius 2 is 2.12 bits per heavy atom. The van der Waals surface area contributed by atoms with E-state index in [4.69, 9.17) is 4.74 Å². The molecule has 0 rings (SSSR count). The predicted molar refractivity (Wildman–Crippen MR) is 70.3 cm³/mol. The van der Waals surface area contributed by atoms with Gasteiger partial charge in [-0.15, -0.1) is 0 Å². The molecule has 2 amide bonds. The summed E-state index contributed by atoms with van der Waals surface area (Å²) >= 11 is 1.75. The molecule has 6 heteroatoms. The summed E-state index contributed by atoms with van der Waals surface area (Å²) in [5.41, 5.74) is 0. The van der Waals surface area contributed by atoms with Crippen molar-refractivity contribution >= 4 is 23.8 Å². The molecule has 0 aliphatic rings. The van der Waals surface area contributed by atoms with Crippen molar-refractivity contribution in [2.24, 2.45) is 0 Å². The van der Waals surface area contributed by atoms with E-state index >= 15 is 0 Å². The Balaban J connectivity index is 3.92. The molecule has 5 nitrogen and oxygen atoms in total. The number of carbonyl (C=O) groups is 2. The number of rotatable bonds is 7. The monoisotopic (exact) mass is 262 g/mol. The van der Waals surface area contributed by atoms with Crippen LogP contribution in [-0.2, 0) is 9.53 Å². The molecule has 0 aromatic carbocycles. The molecule has 0 aromatic heterocycles. The fourth-order valence-corrected chi connectivity index (χ4v) is 1.74. The van der Waals surface area contributed by atoms with E-state index in [0.29, 0.717) is 6.61 Å². The van der Waals surface area contributed by atoms with Crippen LogP contribution >= 0.6 is 11.8 Å². The number of nitrogens with one attached hydrogen (secondary N) is 1. The van der Waals surface area contributed by atoms with Crippen LogP contribution in [-0.4, -0.2) is 55.2 Å². The van der Waals surface area contributed by atoms with Crippen molar-refractivity contribution in [3.63, 3.8) is 0 Å². The molecule has 0 aliphatic carbocycles. The molecule has 0 aliphatic heterocycles. The highest BCUT2D eigenvalue weighted by Crippen LogP contribution is 2.05. The van der Waals surface area contributed by atoms with Gasteiger partial charge in [-0.25, -0.2) is 4.79 Å². The molecule has 1 atom stereocenters. The number of carbonyl (C=O) groups excluding carboxylic acids is 2. The highest BCUT2D eigenvalue weighted by Gasteiger charge is 2.15. The third-order valence-corrected chi connectivity index (χ3v) is 3.05. The number of esters is 1. The predicted octanol–water partition coefficient (Wildman–Crippen LogP) is 1.33. The Labute approximate surface area is 107 Å². The third-order valence-electron chi connectivity index (χ3n) is 2.41. The Morgan fingerprint density at radius 1 is 1.47 bits per heavy atom. The number of nitrogens with zero attached hydrogens (tertiary/aromatic N) is 1. The molecule has 100 valence electrons. The van der Waals surface area contributed by atoms with Crippen molar-refractivity contribution in [2.75, 3.05) is 32.2 Å². The number of hydrogen-bond acceptors (Lipinski definition) is 4. The van der Waals surface area contributed by atoms with Crippen LogP contribution in [0, 0.1) is 0 Å².